The molecule has 1 N–H and O–H groups in total. The summed E-state index contributed by atoms with van der Waals surface area (Å²) in [6, 6.07) is 0.476. The predicted molar refractivity (Wildman–Crippen MR) is 75.8 cm³/mol. The number of rotatable bonds is 8. The molecule has 0 saturated heterocycles. The summed E-state index contributed by atoms with van der Waals surface area (Å²) in [7, 11) is 4.06. The Morgan fingerprint density at radius 2 is 2.17 bits per heavy atom. The molecule has 3 heteroatoms. The van der Waals surface area contributed by atoms with Crippen LogP contribution in [0.5, 0.6) is 0 Å². The van der Waals surface area contributed by atoms with E-state index in [4.69, 9.17) is 4.74 Å². The number of nitrogens with one attached hydrogen (secondary N) is 1. The molecule has 4 atom stereocenters. The molecule has 2 saturated carbocycles. The second-order valence-corrected chi connectivity index (χ2v) is 6.37. The summed E-state index contributed by atoms with van der Waals surface area (Å²) in [6.45, 7) is 6.39. The smallest absolute Gasteiger partial charge is 0.0628 e. The molecule has 2 bridgehead atoms. The van der Waals surface area contributed by atoms with Crippen molar-refractivity contribution >= 4 is 0 Å². The van der Waals surface area contributed by atoms with Crippen molar-refractivity contribution in [3.8, 4) is 0 Å². The molecule has 0 aromatic heterocycles. The molecule has 0 radical (unpaired) electrons. The number of fused-ring (bicyclic) bond motifs is 2. The monoisotopic (exact) mass is 254 g/mol. The zero-order valence-electron chi connectivity index (χ0n) is 12.3. The summed E-state index contributed by atoms with van der Waals surface area (Å²) in [6.07, 6.45) is 6.02. The molecule has 0 heterocycles. The summed E-state index contributed by atoms with van der Waals surface area (Å²) in [4.78, 5) is 2.51. The third-order valence-corrected chi connectivity index (χ3v) is 4.82. The average molecular weight is 254 g/mol. The standard InChI is InChI=1S/C15H30N2O/c1-4-16-15(11-18-3)10-17(2)9-14-8-12-5-6-13(14)7-12/h12-16H,4-11H2,1-3H3. The van der Waals surface area contributed by atoms with E-state index in [2.05, 4.69) is 24.2 Å². The molecule has 18 heavy (non-hydrogen) atoms. The molecule has 0 aromatic carbocycles. The van der Waals surface area contributed by atoms with Gasteiger partial charge in [-0.25, -0.2) is 0 Å². The van der Waals surface area contributed by atoms with Crippen LogP contribution in [0.3, 0.4) is 0 Å². The summed E-state index contributed by atoms with van der Waals surface area (Å²) in [5.74, 6) is 3.08. The highest BCUT2D eigenvalue weighted by Crippen LogP contribution is 2.48. The third kappa shape index (κ3) is 3.69. The minimum atomic E-state index is 0.476. The van der Waals surface area contributed by atoms with Gasteiger partial charge in [-0.1, -0.05) is 13.3 Å². The minimum Gasteiger partial charge on any atom is -0.383 e. The lowest BCUT2D eigenvalue weighted by molar-refractivity contribution is 0.135. The molecule has 106 valence electrons. The molecular formula is C15H30N2O. The molecule has 0 amide bonds. The van der Waals surface area contributed by atoms with Crippen LogP contribution in [-0.4, -0.2) is 51.3 Å². The zero-order valence-corrected chi connectivity index (χ0v) is 12.3. The molecule has 0 aromatic rings. The summed E-state index contributed by atoms with van der Waals surface area (Å²) in [5, 5.41) is 3.51. The topological polar surface area (TPSA) is 24.5 Å². The van der Waals surface area contributed by atoms with Crippen LogP contribution in [-0.2, 0) is 4.74 Å². The van der Waals surface area contributed by atoms with Crippen LogP contribution in [0, 0.1) is 17.8 Å². The van der Waals surface area contributed by atoms with Gasteiger partial charge in [-0.2, -0.15) is 0 Å². The number of hydrogen-bond acceptors (Lipinski definition) is 3. The van der Waals surface area contributed by atoms with Crippen LogP contribution in [0.15, 0.2) is 0 Å². The molecular weight excluding hydrogens is 224 g/mol. The van der Waals surface area contributed by atoms with Crippen molar-refractivity contribution in [1.82, 2.24) is 10.2 Å². The van der Waals surface area contributed by atoms with Gasteiger partial charge in [-0.05, 0) is 50.6 Å². The van der Waals surface area contributed by atoms with Crippen molar-refractivity contribution < 1.29 is 4.74 Å². The van der Waals surface area contributed by atoms with Gasteiger partial charge in [0.15, 0.2) is 0 Å². The number of methoxy groups -OCH3 is 1. The van der Waals surface area contributed by atoms with Crippen molar-refractivity contribution in [1.29, 1.82) is 0 Å². The van der Waals surface area contributed by atoms with Crippen molar-refractivity contribution in [2.45, 2.75) is 38.6 Å². The van der Waals surface area contributed by atoms with Crippen LogP contribution in [0.25, 0.3) is 0 Å². The summed E-state index contributed by atoms with van der Waals surface area (Å²) in [5.41, 5.74) is 0. The minimum absolute atomic E-state index is 0.476. The fraction of sp³-hybridized carbons (Fsp3) is 1.00. The van der Waals surface area contributed by atoms with E-state index < -0.39 is 0 Å². The number of likely N-dealkylation sites (N-methyl/N-ethyl adjacent to an activating group) is 2. The molecule has 2 fully saturated rings. The van der Waals surface area contributed by atoms with Gasteiger partial charge in [0.2, 0.25) is 0 Å². The molecule has 0 aliphatic heterocycles. The maximum Gasteiger partial charge on any atom is 0.0628 e. The molecule has 2 aliphatic carbocycles. The first kappa shape index (κ1) is 14.3. The van der Waals surface area contributed by atoms with Crippen molar-refractivity contribution in [3.63, 3.8) is 0 Å². The first-order valence-electron chi connectivity index (χ1n) is 7.63. The van der Waals surface area contributed by atoms with Gasteiger partial charge in [-0.15, -0.1) is 0 Å². The van der Waals surface area contributed by atoms with Crippen LogP contribution in [0.4, 0.5) is 0 Å². The van der Waals surface area contributed by atoms with E-state index in [1.807, 2.05) is 0 Å². The van der Waals surface area contributed by atoms with Crippen LogP contribution < -0.4 is 5.32 Å². The SMILES string of the molecule is CCNC(COC)CN(C)CC1CC2CCC1C2. The Morgan fingerprint density at radius 1 is 1.33 bits per heavy atom. The lowest BCUT2D eigenvalue weighted by Crippen LogP contribution is -2.44. The lowest BCUT2D eigenvalue weighted by atomic mass is 9.88. The van der Waals surface area contributed by atoms with Gasteiger partial charge < -0.3 is 15.0 Å². The Kier molecular flexibility index (Phi) is 5.46. The highest BCUT2D eigenvalue weighted by Gasteiger charge is 2.39. The molecule has 3 nitrogen and oxygen atoms in total. The molecule has 0 spiro atoms. The second kappa shape index (κ2) is 6.88. The lowest BCUT2D eigenvalue weighted by Gasteiger charge is -2.30. The largest absolute Gasteiger partial charge is 0.383 e. The Bertz CT molecular complexity index is 241. The summed E-state index contributed by atoms with van der Waals surface area (Å²) >= 11 is 0. The average Bonchev–Trinajstić information content (AvgIpc) is 2.91. The molecule has 2 aliphatic rings. The second-order valence-electron chi connectivity index (χ2n) is 6.37. The number of hydrogen-bond donors (Lipinski definition) is 1. The predicted octanol–water partition coefficient (Wildman–Crippen LogP) is 1.98. The van der Waals surface area contributed by atoms with Gasteiger partial charge in [0, 0.05) is 26.2 Å². The Hall–Kier alpha value is -0.120. The van der Waals surface area contributed by atoms with E-state index in [9.17, 15) is 0 Å². The molecule has 4 unspecified atom stereocenters. The Morgan fingerprint density at radius 3 is 2.72 bits per heavy atom. The Balaban J connectivity index is 1.71. The van der Waals surface area contributed by atoms with Gasteiger partial charge in [0.1, 0.15) is 0 Å². The number of nitrogens with zero attached hydrogens (tertiary/aromatic N) is 1. The maximum absolute atomic E-state index is 5.29. The van der Waals surface area contributed by atoms with Gasteiger partial charge in [0.25, 0.3) is 0 Å². The van der Waals surface area contributed by atoms with E-state index in [-0.39, 0.29) is 0 Å². The van der Waals surface area contributed by atoms with Crippen molar-refractivity contribution in [2.75, 3.05) is 40.4 Å². The van der Waals surface area contributed by atoms with Gasteiger partial charge in [-0.3, -0.25) is 0 Å². The van der Waals surface area contributed by atoms with E-state index in [0.717, 1.165) is 37.5 Å². The fourth-order valence-corrected chi connectivity index (χ4v) is 4.12. The summed E-state index contributed by atoms with van der Waals surface area (Å²) < 4.78 is 5.29. The third-order valence-electron chi connectivity index (χ3n) is 4.82. The van der Waals surface area contributed by atoms with Gasteiger partial charge >= 0.3 is 0 Å². The van der Waals surface area contributed by atoms with Crippen LogP contribution >= 0.6 is 0 Å². The number of ether oxygens (including phenoxy) is 1. The van der Waals surface area contributed by atoms with Gasteiger partial charge in [0.05, 0.1) is 6.61 Å². The zero-order chi connectivity index (χ0) is 13.0. The first-order chi connectivity index (χ1) is 8.72. The van der Waals surface area contributed by atoms with Crippen molar-refractivity contribution in [2.24, 2.45) is 17.8 Å². The van der Waals surface area contributed by atoms with E-state index >= 15 is 0 Å². The van der Waals surface area contributed by atoms with E-state index in [1.54, 1.807) is 7.11 Å². The molecule has 2 rings (SSSR count). The first-order valence-corrected chi connectivity index (χ1v) is 7.63. The highest BCUT2D eigenvalue weighted by molar-refractivity contribution is 4.91. The Labute approximate surface area is 112 Å². The van der Waals surface area contributed by atoms with Crippen molar-refractivity contribution in [3.05, 3.63) is 0 Å². The van der Waals surface area contributed by atoms with Crippen LogP contribution in [0.2, 0.25) is 0 Å². The normalized spacial score (nSPS) is 32.3. The fourth-order valence-electron chi connectivity index (χ4n) is 4.12. The quantitative estimate of drug-likeness (QED) is 0.717. The van der Waals surface area contributed by atoms with E-state index in [0.29, 0.717) is 6.04 Å². The van der Waals surface area contributed by atoms with Crippen LogP contribution in [0.1, 0.15) is 32.6 Å². The maximum atomic E-state index is 5.29. The highest BCUT2D eigenvalue weighted by atomic mass is 16.5. The van der Waals surface area contributed by atoms with E-state index in [1.165, 1.54) is 32.2 Å².